The molecule has 0 aliphatic carbocycles. The first-order chi connectivity index (χ1) is 10.2. The number of likely N-dealkylation sites (tertiary alicyclic amines) is 1. The normalized spacial score (nSPS) is 23.7. The number of rotatable bonds is 6. The van der Waals surface area contributed by atoms with Gasteiger partial charge in [-0.25, -0.2) is 0 Å². The topological polar surface area (TPSA) is 46.6 Å². The Balaban J connectivity index is 2.17. The third kappa shape index (κ3) is 3.50. The molecule has 1 saturated heterocycles. The van der Waals surface area contributed by atoms with Gasteiger partial charge in [-0.1, -0.05) is 30.3 Å². The van der Waals surface area contributed by atoms with Gasteiger partial charge in [-0.05, 0) is 37.8 Å². The first kappa shape index (κ1) is 15.7. The molecule has 2 rings (SSSR count). The molecule has 0 aromatic heterocycles. The van der Waals surface area contributed by atoms with Crippen molar-refractivity contribution in [2.24, 2.45) is 5.92 Å². The van der Waals surface area contributed by atoms with Crippen LogP contribution in [0.4, 0.5) is 0 Å². The van der Waals surface area contributed by atoms with Crippen molar-refractivity contribution in [2.75, 3.05) is 13.7 Å². The summed E-state index contributed by atoms with van der Waals surface area (Å²) in [5, 5.41) is 0. The van der Waals surface area contributed by atoms with Crippen LogP contribution in [0.1, 0.15) is 37.8 Å². The minimum absolute atomic E-state index is 0.163. The molecule has 0 radical (unpaired) electrons. The summed E-state index contributed by atoms with van der Waals surface area (Å²) >= 11 is 0. The Hall–Kier alpha value is -1.68. The number of nitrogens with zero attached hydrogens (tertiary/aromatic N) is 1. The third-order valence-corrected chi connectivity index (χ3v) is 4.44. The molecule has 0 spiro atoms. The maximum Gasteiger partial charge on any atom is 0.323 e. The summed E-state index contributed by atoms with van der Waals surface area (Å²) in [5.41, 5.74) is 1.20. The lowest BCUT2D eigenvalue weighted by Gasteiger charge is -2.31. The largest absolute Gasteiger partial charge is 0.468 e. The number of hydrogen-bond acceptors (Lipinski definition) is 4. The van der Waals surface area contributed by atoms with Crippen LogP contribution < -0.4 is 0 Å². The van der Waals surface area contributed by atoms with Crippen LogP contribution in [0.25, 0.3) is 0 Å². The third-order valence-electron chi connectivity index (χ3n) is 4.44. The number of ether oxygens (including phenoxy) is 1. The monoisotopic (exact) mass is 289 g/mol. The minimum Gasteiger partial charge on any atom is -0.468 e. The van der Waals surface area contributed by atoms with Crippen LogP contribution in [0, 0.1) is 5.92 Å². The van der Waals surface area contributed by atoms with Crippen LogP contribution in [-0.4, -0.2) is 36.9 Å². The van der Waals surface area contributed by atoms with Gasteiger partial charge in [0.05, 0.1) is 7.11 Å². The van der Waals surface area contributed by atoms with E-state index in [2.05, 4.69) is 24.0 Å². The van der Waals surface area contributed by atoms with Gasteiger partial charge in [0.2, 0.25) is 0 Å². The Bertz CT molecular complexity index is 474. The molecule has 114 valence electrons. The van der Waals surface area contributed by atoms with E-state index in [1.807, 2.05) is 18.2 Å². The van der Waals surface area contributed by atoms with Crippen molar-refractivity contribution in [3.05, 3.63) is 35.9 Å². The Kier molecular flexibility index (Phi) is 5.51. The lowest BCUT2D eigenvalue weighted by Crippen LogP contribution is -2.41. The van der Waals surface area contributed by atoms with E-state index >= 15 is 0 Å². The first-order valence-electron chi connectivity index (χ1n) is 7.51. The van der Waals surface area contributed by atoms with Crippen molar-refractivity contribution >= 4 is 12.3 Å². The molecular formula is C17H23NO3. The number of hydrogen-bond donors (Lipinski definition) is 0. The van der Waals surface area contributed by atoms with Crippen LogP contribution in [-0.2, 0) is 14.3 Å². The zero-order chi connectivity index (χ0) is 15.2. The average molecular weight is 289 g/mol. The molecule has 3 atom stereocenters. The van der Waals surface area contributed by atoms with Crippen molar-refractivity contribution in [1.82, 2.24) is 4.90 Å². The zero-order valence-electron chi connectivity index (χ0n) is 12.7. The summed E-state index contributed by atoms with van der Waals surface area (Å²) in [5.74, 6) is 0.0139. The summed E-state index contributed by atoms with van der Waals surface area (Å²) in [4.78, 5) is 25.0. The van der Waals surface area contributed by atoms with E-state index in [0.29, 0.717) is 6.42 Å². The van der Waals surface area contributed by atoms with E-state index in [-0.39, 0.29) is 24.0 Å². The van der Waals surface area contributed by atoms with Crippen LogP contribution >= 0.6 is 0 Å². The molecule has 0 bridgehead atoms. The summed E-state index contributed by atoms with van der Waals surface area (Å²) in [6.07, 6.45) is 3.12. The van der Waals surface area contributed by atoms with Crippen LogP contribution in [0.15, 0.2) is 30.3 Å². The highest BCUT2D eigenvalue weighted by molar-refractivity contribution is 5.76. The van der Waals surface area contributed by atoms with Crippen LogP contribution in [0.2, 0.25) is 0 Å². The van der Waals surface area contributed by atoms with Gasteiger partial charge in [-0.15, -0.1) is 0 Å². The van der Waals surface area contributed by atoms with Crippen molar-refractivity contribution in [2.45, 2.75) is 38.3 Å². The molecule has 0 N–H and O–H groups in total. The van der Waals surface area contributed by atoms with Crippen molar-refractivity contribution in [1.29, 1.82) is 0 Å². The van der Waals surface area contributed by atoms with E-state index in [1.165, 1.54) is 12.7 Å². The first-order valence-corrected chi connectivity index (χ1v) is 7.51. The Morgan fingerprint density at radius 1 is 1.43 bits per heavy atom. The molecular weight excluding hydrogens is 266 g/mol. The molecule has 4 nitrogen and oxygen atoms in total. The van der Waals surface area contributed by atoms with Crippen LogP contribution in [0.5, 0.6) is 0 Å². The van der Waals surface area contributed by atoms with Gasteiger partial charge in [-0.2, -0.15) is 0 Å². The van der Waals surface area contributed by atoms with Gasteiger partial charge in [0.25, 0.3) is 0 Å². The van der Waals surface area contributed by atoms with E-state index in [0.717, 1.165) is 25.7 Å². The van der Waals surface area contributed by atoms with E-state index in [9.17, 15) is 9.59 Å². The Morgan fingerprint density at radius 3 is 2.76 bits per heavy atom. The van der Waals surface area contributed by atoms with E-state index < -0.39 is 0 Å². The van der Waals surface area contributed by atoms with Gasteiger partial charge in [0.1, 0.15) is 12.3 Å². The number of methoxy groups -OCH3 is 1. The number of benzene rings is 1. The molecule has 1 aliphatic heterocycles. The molecule has 4 heteroatoms. The molecule has 1 aromatic carbocycles. The molecule has 1 aromatic rings. The summed E-state index contributed by atoms with van der Waals surface area (Å²) in [6, 6.07) is 10.1. The highest BCUT2D eigenvalue weighted by Crippen LogP contribution is 2.35. The molecule has 0 saturated carbocycles. The predicted molar refractivity (Wildman–Crippen MR) is 80.8 cm³/mol. The fraction of sp³-hybridized carbons (Fsp3) is 0.529. The van der Waals surface area contributed by atoms with Crippen LogP contribution in [0.3, 0.4) is 0 Å². The molecule has 1 aliphatic rings. The SMILES string of the molecule is COC(=O)[C@@H]1C(CCC=O)CCN1C(C)c1ccccc1. The fourth-order valence-corrected chi connectivity index (χ4v) is 3.27. The highest BCUT2D eigenvalue weighted by Gasteiger charge is 2.41. The number of carbonyl (C=O) groups is 2. The van der Waals surface area contributed by atoms with Gasteiger partial charge in [-0.3, -0.25) is 9.69 Å². The molecule has 1 fully saturated rings. The second-order valence-electron chi connectivity index (χ2n) is 5.59. The number of aldehydes is 1. The predicted octanol–water partition coefficient (Wildman–Crippen LogP) is 2.59. The number of carbonyl (C=O) groups excluding carboxylic acids is 2. The maximum atomic E-state index is 12.2. The van der Waals surface area contributed by atoms with Crippen molar-refractivity contribution in [3.8, 4) is 0 Å². The summed E-state index contributed by atoms with van der Waals surface area (Å²) in [7, 11) is 1.43. The van der Waals surface area contributed by atoms with Gasteiger partial charge < -0.3 is 9.53 Å². The second-order valence-corrected chi connectivity index (χ2v) is 5.59. The highest BCUT2D eigenvalue weighted by atomic mass is 16.5. The number of esters is 1. The smallest absolute Gasteiger partial charge is 0.323 e. The van der Waals surface area contributed by atoms with Gasteiger partial charge in [0.15, 0.2) is 0 Å². The molecule has 0 amide bonds. The van der Waals surface area contributed by atoms with E-state index in [4.69, 9.17) is 4.74 Å². The quantitative estimate of drug-likeness (QED) is 0.596. The average Bonchev–Trinajstić information content (AvgIpc) is 2.96. The Morgan fingerprint density at radius 2 is 2.14 bits per heavy atom. The second kappa shape index (κ2) is 7.36. The molecule has 21 heavy (non-hydrogen) atoms. The molecule has 2 unspecified atom stereocenters. The zero-order valence-corrected chi connectivity index (χ0v) is 12.7. The fourth-order valence-electron chi connectivity index (χ4n) is 3.27. The van der Waals surface area contributed by atoms with Crippen molar-refractivity contribution in [3.63, 3.8) is 0 Å². The summed E-state index contributed by atoms with van der Waals surface area (Å²) in [6.45, 7) is 2.98. The van der Waals surface area contributed by atoms with Crippen molar-refractivity contribution < 1.29 is 14.3 Å². The van der Waals surface area contributed by atoms with Gasteiger partial charge >= 0.3 is 5.97 Å². The Labute approximate surface area is 126 Å². The van der Waals surface area contributed by atoms with E-state index in [1.54, 1.807) is 0 Å². The molecule has 1 heterocycles. The maximum absolute atomic E-state index is 12.2. The lowest BCUT2D eigenvalue weighted by molar-refractivity contribution is -0.148. The standard InChI is InChI=1S/C17H23NO3/c1-13(14-7-4-3-5-8-14)18-11-10-15(9-6-12-19)16(18)17(20)21-2/h3-5,7-8,12-13,15-16H,6,9-11H2,1-2H3/t13?,15?,16-/m0/s1. The minimum atomic E-state index is -0.245. The van der Waals surface area contributed by atoms with Gasteiger partial charge in [0, 0.05) is 12.5 Å². The summed E-state index contributed by atoms with van der Waals surface area (Å²) < 4.78 is 4.99. The lowest BCUT2D eigenvalue weighted by atomic mass is 9.94.